The zero-order valence-electron chi connectivity index (χ0n) is 16.0. The lowest BCUT2D eigenvalue weighted by atomic mass is 10.1. The molecule has 1 aromatic rings. The molecule has 1 aromatic carbocycles. The second kappa shape index (κ2) is 10.7. The topological polar surface area (TPSA) is 173 Å². The van der Waals surface area contributed by atoms with Crippen LogP contribution in [-0.4, -0.2) is 49.0 Å². The van der Waals surface area contributed by atoms with Crippen LogP contribution in [0.3, 0.4) is 0 Å². The first-order valence-electron chi connectivity index (χ1n) is 8.99. The summed E-state index contributed by atoms with van der Waals surface area (Å²) in [6, 6.07) is 5.48. The Morgan fingerprint density at radius 3 is 2.76 bits per heavy atom. The van der Waals surface area contributed by atoms with E-state index in [-0.39, 0.29) is 31.6 Å². The molecule has 11 nitrogen and oxygen atoms in total. The van der Waals surface area contributed by atoms with E-state index in [0.29, 0.717) is 11.3 Å². The van der Waals surface area contributed by atoms with Crippen molar-refractivity contribution in [2.24, 2.45) is 16.5 Å². The molecule has 8 N–H and O–H groups in total. The highest BCUT2D eigenvalue weighted by atomic mass is 16.5. The Hall–Kier alpha value is -3.60. The Morgan fingerprint density at radius 1 is 1.31 bits per heavy atom. The van der Waals surface area contributed by atoms with E-state index in [0.717, 1.165) is 0 Å². The Labute approximate surface area is 167 Å². The SMILES string of the molecule is CCOC(=O)CC(NC(=O)CNC(=O)c1cccc(N=C(N)N)c1)C1C=CNN1. The van der Waals surface area contributed by atoms with Gasteiger partial charge in [0, 0.05) is 11.8 Å². The number of ether oxygens (including phenoxy) is 1. The van der Waals surface area contributed by atoms with E-state index in [9.17, 15) is 14.4 Å². The number of nitrogens with zero attached hydrogens (tertiary/aromatic N) is 1. The number of hydrogen-bond acceptors (Lipinski definition) is 7. The number of nitrogens with one attached hydrogen (secondary N) is 4. The number of guanidine groups is 1. The maximum atomic E-state index is 12.3. The molecule has 11 heteroatoms. The van der Waals surface area contributed by atoms with Gasteiger partial charge in [0.1, 0.15) is 0 Å². The molecule has 1 heterocycles. The van der Waals surface area contributed by atoms with E-state index in [1.165, 1.54) is 6.07 Å². The van der Waals surface area contributed by atoms with Crippen molar-refractivity contribution in [1.82, 2.24) is 21.5 Å². The molecule has 0 saturated carbocycles. The molecule has 2 rings (SSSR count). The first-order valence-corrected chi connectivity index (χ1v) is 8.99. The van der Waals surface area contributed by atoms with Gasteiger partial charge in [-0.15, -0.1) is 0 Å². The minimum atomic E-state index is -0.546. The van der Waals surface area contributed by atoms with Crippen LogP contribution in [0.2, 0.25) is 0 Å². The van der Waals surface area contributed by atoms with Gasteiger partial charge >= 0.3 is 5.97 Å². The zero-order valence-corrected chi connectivity index (χ0v) is 16.0. The van der Waals surface area contributed by atoms with Gasteiger partial charge < -0.3 is 32.3 Å². The minimum Gasteiger partial charge on any atom is -0.466 e. The maximum absolute atomic E-state index is 12.3. The summed E-state index contributed by atoms with van der Waals surface area (Å²) in [6.07, 6.45) is 3.43. The van der Waals surface area contributed by atoms with Crippen LogP contribution in [-0.2, 0) is 14.3 Å². The smallest absolute Gasteiger partial charge is 0.307 e. The molecule has 156 valence electrons. The molecule has 2 amide bonds. The van der Waals surface area contributed by atoms with Crippen LogP contribution in [0.15, 0.2) is 41.5 Å². The number of esters is 1. The molecule has 0 fully saturated rings. The Bertz CT molecular complexity index is 805. The summed E-state index contributed by atoms with van der Waals surface area (Å²) in [6.45, 7) is 1.69. The fourth-order valence-corrected chi connectivity index (χ4v) is 2.63. The highest BCUT2D eigenvalue weighted by molar-refractivity contribution is 5.97. The standard InChI is InChI=1S/C18H25N7O4/c1-2-29-16(27)9-14(13-6-7-22-25-13)24-15(26)10-21-17(28)11-4-3-5-12(8-11)23-18(19)20/h3-8,13-14,22,25H,2,9-10H2,1H3,(H,21,28)(H,24,26)(H4,19,20,23). The lowest BCUT2D eigenvalue weighted by Crippen LogP contribution is -2.52. The molecular formula is C18H25N7O4. The number of nitrogens with two attached hydrogens (primary N) is 2. The van der Waals surface area contributed by atoms with Gasteiger partial charge in [-0.3, -0.25) is 14.4 Å². The van der Waals surface area contributed by atoms with Gasteiger partial charge in [-0.25, -0.2) is 10.4 Å². The summed E-state index contributed by atoms with van der Waals surface area (Å²) in [5.41, 5.74) is 17.1. The summed E-state index contributed by atoms with van der Waals surface area (Å²) < 4.78 is 4.95. The van der Waals surface area contributed by atoms with Gasteiger partial charge in [0.25, 0.3) is 5.91 Å². The Kier molecular flexibility index (Phi) is 7.98. The van der Waals surface area contributed by atoms with E-state index in [1.807, 2.05) is 0 Å². The first kappa shape index (κ1) is 21.7. The second-order valence-corrected chi connectivity index (χ2v) is 6.13. The predicted molar refractivity (Wildman–Crippen MR) is 107 cm³/mol. The summed E-state index contributed by atoms with van der Waals surface area (Å²) in [7, 11) is 0. The number of hydrogen-bond donors (Lipinski definition) is 6. The lowest BCUT2D eigenvalue weighted by molar-refractivity contribution is -0.143. The van der Waals surface area contributed by atoms with Crippen LogP contribution in [0.5, 0.6) is 0 Å². The number of benzene rings is 1. The summed E-state index contributed by atoms with van der Waals surface area (Å²) >= 11 is 0. The van der Waals surface area contributed by atoms with Gasteiger partial charge in [0.2, 0.25) is 5.91 Å². The average molecular weight is 403 g/mol. The molecule has 0 bridgehead atoms. The number of carbonyl (C=O) groups excluding carboxylic acids is 3. The van der Waals surface area contributed by atoms with Gasteiger partial charge in [-0.05, 0) is 31.2 Å². The molecule has 1 aliphatic rings. The first-order chi connectivity index (χ1) is 13.9. The molecule has 0 aromatic heterocycles. The van der Waals surface area contributed by atoms with Crippen molar-refractivity contribution in [3.8, 4) is 0 Å². The van der Waals surface area contributed by atoms with Crippen LogP contribution in [0.4, 0.5) is 5.69 Å². The molecule has 0 spiro atoms. The van der Waals surface area contributed by atoms with Crippen molar-refractivity contribution >= 4 is 29.4 Å². The molecule has 0 aliphatic carbocycles. The van der Waals surface area contributed by atoms with Gasteiger partial charge in [0.05, 0.1) is 37.3 Å². The van der Waals surface area contributed by atoms with E-state index in [4.69, 9.17) is 16.2 Å². The molecule has 0 saturated heterocycles. The van der Waals surface area contributed by atoms with Crippen LogP contribution in [0.25, 0.3) is 0 Å². The lowest BCUT2D eigenvalue weighted by Gasteiger charge is -2.23. The molecule has 2 atom stereocenters. The van der Waals surface area contributed by atoms with E-state index in [2.05, 4.69) is 26.5 Å². The fourth-order valence-electron chi connectivity index (χ4n) is 2.63. The van der Waals surface area contributed by atoms with Crippen molar-refractivity contribution < 1.29 is 19.1 Å². The average Bonchev–Trinajstić information content (AvgIpc) is 3.20. The zero-order chi connectivity index (χ0) is 21.2. The van der Waals surface area contributed by atoms with Crippen LogP contribution in [0.1, 0.15) is 23.7 Å². The van der Waals surface area contributed by atoms with Gasteiger partial charge in [-0.1, -0.05) is 6.07 Å². The van der Waals surface area contributed by atoms with Crippen molar-refractivity contribution in [3.63, 3.8) is 0 Å². The summed E-state index contributed by atoms with van der Waals surface area (Å²) in [4.78, 5) is 40.3. The van der Waals surface area contributed by atoms with Gasteiger partial charge in [0.15, 0.2) is 5.96 Å². The third-order valence-corrected chi connectivity index (χ3v) is 3.88. The van der Waals surface area contributed by atoms with Crippen molar-refractivity contribution in [3.05, 3.63) is 42.1 Å². The van der Waals surface area contributed by atoms with Crippen LogP contribution >= 0.6 is 0 Å². The van der Waals surface area contributed by atoms with Crippen molar-refractivity contribution in [2.75, 3.05) is 13.2 Å². The normalized spacial score (nSPS) is 15.7. The maximum Gasteiger partial charge on any atom is 0.307 e. The molecule has 2 unspecified atom stereocenters. The highest BCUT2D eigenvalue weighted by Gasteiger charge is 2.26. The molecule has 1 aliphatic heterocycles. The third kappa shape index (κ3) is 7.14. The quantitative estimate of drug-likeness (QED) is 0.168. The number of hydrazine groups is 1. The van der Waals surface area contributed by atoms with E-state index >= 15 is 0 Å². The fraction of sp³-hybridized carbons (Fsp3) is 0.333. The molecule has 29 heavy (non-hydrogen) atoms. The van der Waals surface area contributed by atoms with Gasteiger partial charge in [-0.2, -0.15) is 0 Å². The number of aliphatic imine (C=N–C) groups is 1. The Morgan fingerprint density at radius 2 is 2.10 bits per heavy atom. The van der Waals surface area contributed by atoms with E-state index < -0.39 is 23.8 Å². The van der Waals surface area contributed by atoms with Crippen molar-refractivity contribution in [2.45, 2.75) is 25.4 Å². The monoisotopic (exact) mass is 403 g/mol. The largest absolute Gasteiger partial charge is 0.466 e. The highest BCUT2D eigenvalue weighted by Crippen LogP contribution is 2.13. The van der Waals surface area contributed by atoms with Crippen LogP contribution < -0.4 is 33.0 Å². The molecule has 0 radical (unpaired) electrons. The summed E-state index contributed by atoms with van der Waals surface area (Å²) in [5, 5.41) is 5.25. The molecular weight excluding hydrogens is 378 g/mol. The van der Waals surface area contributed by atoms with Crippen molar-refractivity contribution in [1.29, 1.82) is 0 Å². The predicted octanol–water partition coefficient (Wildman–Crippen LogP) is -1.25. The number of rotatable bonds is 9. The minimum absolute atomic E-state index is 0.0161. The third-order valence-electron chi connectivity index (χ3n) is 3.88. The van der Waals surface area contributed by atoms with E-state index in [1.54, 1.807) is 37.4 Å². The Balaban J connectivity index is 1.92. The second-order valence-electron chi connectivity index (χ2n) is 6.13. The number of carbonyl (C=O) groups is 3. The number of amides is 2. The van der Waals surface area contributed by atoms with Crippen LogP contribution in [0, 0.1) is 0 Å². The summed E-state index contributed by atoms with van der Waals surface area (Å²) in [5.74, 6) is -1.47.